The molecular formula is C19H18N4O4. The highest BCUT2D eigenvalue weighted by Crippen LogP contribution is 2.59. The number of aromatic amines is 1. The lowest BCUT2D eigenvalue weighted by Crippen LogP contribution is -2.40. The monoisotopic (exact) mass is 366 g/mol. The maximum atomic E-state index is 13.0. The van der Waals surface area contributed by atoms with E-state index in [1.54, 1.807) is 27.6 Å². The number of rotatable bonds is 2. The van der Waals surface area contributed by atoms with Gasteiger partial charge in [-0.2, -0.15) is 5.10 Å². The molecule has 138 valence electrons. The highest BCUT2D eigenvalue weighted by molar-refractivity contribution is 6.00. The molecule has 1 saturated heterocycles. The molecule has 2 N–H and O–H groups in total. The lowest BCUT2D eigenvalue weighted by molar-refractivity contribution is -0.139. The van der Waals surface area contributed by atoms with Crippen molar-refractivity contribution in [2.75, 3.05) is 13.1 Å². The van der Waals surface area contributed by atoms with E-state index in [2.05, 4.69) is 10.1 Å². The molecule has 1 spiro atoms. The normalized spacial score (nSPS) is 21.0. The van der Waals surface area contributed by atoms with Crippen LogP contribution in [-0.4, -0.2) is 49.6 Å². The molecule has 1 saturated carbocycles. The Hall–Kier alpha value is -3.16. The van der Waals surface area contributed by atoms with Crippen molar-refractivity contribution in [1.29, 1.82) is 0 Å². The summed E-state index contributed by atoms with van der Waals surface area (Å²) in [5, 5.41) is 14.0. The van der Waals surface area contributed by atoms with Gasteiger partial charge < -0.3 is 15.0 Å². The SMILES string of the molecule is O=C(O)C1CC12CCN(C(=O)c1cnn3c1[nH]c(=O)c1ccccc13)CC2. The molecule has 1 atom stereocenters. The molecule has 8 heteroatoms. The second-order valence-electron chi connectivity index (χ2n) is 7.54. The third-order valence-corrected chi connectivity index (χ3v) is 6.14. The number of carbonyl (C=O) groups excluding carboxylic acids is 1. The van der Waals surface area contributed by atoms with Crippen molar-refractivity contribution in [3.05, 3.63) is 46.4 Å². The molecule has 3 aromatic rings. The van der Waals surface area contributed by atoms with E-state index in [9.17, 15) is 19.5 Å². The number of hydrogen-bond acceptors (Lipinski definition) is 4. The van der Waals surface area contributed by atoms with Crippen molar-refractivity contribution in [3.63, 3.8) is 0 Å². The zero-order valence-electron chi connectivity index (χ0n) is 14.5. The number of nitrogens with one attached hydrogen (secondary N) is 1. The number of para-hydroxylation sites is 1. The van der Waals surface area contributed by atoms with Gasteiger partial charge in [-0.3, -0.25) is 14.4 Å². The summed E-state index contributed by atoms with van der Waals surface area (Å²) in [5.41, 5.74) is 1.01. The van der Waals surface area contributed by atoms with Crippen LogP contribution in [0.25, 0.3) is 16.6 Å². The molecule has 1 aliphatic heterocycles. The molecule has 2 aromatic heterocycles. The number of hydrogen-bond donors (Lipinski definition) is 2. The number of amides is 1. The maximum Gasteiger partial charge on any atom is 0.307 e. The largest absolute Gasteiger partial charge is 0.481 e. The zero-order chi connectivity index (χ0) is 18.8. The lowest BCUT2D eigenvalue weighted by atomic mass is 9.90. The number of carboxylic acid groups (broad SMARTS) is 1. The topological polar surface area (TPSA) is 108 Å². The molecule has 1 amide bonds. The van der Waals surface area contributed by atoms with Gasteiger partial charge in [-0.15, -0.1) is 0 Å². The average molecular weight is 366 g/mol. The highest BCUT2D eigenvalue weighted by Gasteiger charge is 2.59. The van der Waals surface area contributed by atoms with E-state index in [4.69, 9.17) is 0 Å². The summed E-state index contributed by atoms with van der Waals surface area (Å²) in [6.45, 7) is 1.05. The minimum absolute atomic E-state index is 0.131. The van der Waals surface area contributed by atoms with Gasteiger partial charge >= 0.3 is 5.97 Å². The third-order valence-electron chi connectivity index (χ3n) is 6.14. The molecular weight excluding hydrogens is 348 g/mol. The molecule has 0 bridgehead atoms. The Balaban J connectivity index is 1.45. The van der Waals surface area contributed by atoms with Crippen LogP contribution in [0.15, 0.2) is 35.3 Å². The Labute approximate surface area is 153 Å². The van der Waals surface area contributed by atoms with Gasteiger partial charge in [0.05, 0.1) is 23.0 Å². The van der Waals surface area contributed by atoms with Crippen molar-refractivity contribution in [3.8, 4) is 0 Å². The van der Waals surface area contributed by atoms with E-state index < -0.39 is 5.97 Å². The predicted molar refractivity (Wildman–Crippen MR) is 96.6 cm³/mol. The van der Waals surface area contributed by atoms with Gasteiger partial charge in [0, 0.05) is 13.1 Å². The van der Waals surface area contributed by atoms with E-state index >= 15 is 0 Å². The van der Waals surface area contributed by atoms with Gasteiger partial charge in [-0.1, -0.05) is 12.1 Å². The molecule has 1 unspecified atom stereocenters. The standard InChI is InChI=1S/C19H18N4O4/c24-16-11-3-1-2-4-14(11)23-15(21-16)12(10-20-23)17(25)22-7-5-19(6-8-22)9-13(19)18(26)27/h1-4,10,13H,5-9H2,(H,21,24)(H,26,27). The number of carboxylic acids is 1. The Kier molecular flexibility index (Phi) is 3.22. The van der Waals surface area contributed by atoms with Crippen molar-refractivity contribution in [2.24, 2.45) is 11.3 Å². The van der Waals surface area contributed by atoms with E-state index in [0.717, 1.165) is 0 Å². The Bertz CT molecular complexity index is 1150. The molecule has 8 nitrogen and oxygen atoms in total. The summed E-state index contributed by atoms with van der Waals surface area (Å²) in [4.78, 5) is 41.1. The Morgan fingerprint density at radius 2 is 1.96 bits per heavy atom. The van der Waals surface area contributed by atoms with Crippen LogP contribution in [-0.2, 0) is 4.79 Å². The van der Waals surface area contributed by atoms with E-state index in [1.807, 2.05) is 6.07 Å². The van der Waals surface area contributed by atoms with Crippen LogP contribution in [0, 0.1) is 11.3 Å². The van der Waals surface area contributed by atoms with Crippen molar-refractivity contribution < 1.29 is 14.7 Å². The van der Waals surface area contributed by atoms with E-state index in [0.29, 0.717) is 54.5 Å². The fraction of sp³-hybridized carbons (Fsp3) is 0.368. The number of benzene rings is 1. The Morgan fingerprint density at radius 1 is 1.22 bits per heavy atom. The van der Waals surface area contributed by atoms with Crippen LogP contribution in [0.4, 0.5) is 0 Å². The smallest absolute Gasteiger partial charge is 0.307 e. The molecule has 0 radical (unpaired) electrons. The fourth-order valence-corrected chi connectivity index (χ4v) is 4.41. The molecule has 5 rings (SSSR count). The van der Waals surface area contributed by atoms with Gasteiger partial charge in [-0.25, -0.2) is 4.52 Å². The summed E-state index contributed by atoms with van der Waals surface area (Å²) in [5.74, 6) is -1.19. The van der Waals surface area contributed by atoms with E-state index in [-0.39, 0.29) is 22.8 Å². The molecule has 1 aliphatic carbocycles. The molecule has 3 heterocycles. The van der Waals surface area contributed by atoms with Gasteiger partial charge in [0.15, 0.2) is 0 Å². The first kappa shape index (κ1) is 16.0. The second-order valence-corrected chi connectivity index (χ2v) is 7.54. The minimum Gasteiger partial charge on any atom is -0.481 e. The molecule has 2 aliphatic rings. The number of carbonyl (C=O) groups is 2. The highest BCUT2D eigenvalue weighted by atomic mass is 16.4. The predicted octanol–water partition coefficient (Wildman–Crippen LogP) is 1.50. The summed E-state index contributed by atoms with van der Waals surface area (Å²) >= 11 is 0. The van der Waals surface area contributed by atoms with Crippen molar-refractivity contribution in [2.45, 2.75) is 19.3 Å². The average Bonchev–Trinajstić information content (AvgIpc) is 3.21. The van der Waals surface area contributed by atoms with E-state index in [1.165, 1.54) is 6.20 Å². The van der Waals surface area contributed by atoms with Gasteiger partial charge in [-0.05, 0) is 36.8 Å². The van der Waals surface area contributed by atoms with Crippen LogP contribution in [0.1, 0.15) is 29.6 Å². The maximum absolute atomic E-state index is 13.0. The first-order chi connectivity index (χ1) is 13.0. The van der Waals surface area contributed by atoms with Crippen LogP contribution in [0.2, 0.25) is 0 Å². The number of aromatic nitrogens is 3. The Morgan fingerprint density at radius 3 is 2.67 bits per heavy atom. The number of H-pyrrole nitrogens is 1. The first-order valence-corrected chi connectivity index (χ1v) is 9.01. The summed E-state index contributed by atoms with van der Waals surface area (Å²) in [6.07, 6.45) is 3.60. The summed E-state index contributed by atoms with van der Waals surface area (Å²) in [7, 11) is 0. The zero-order valence-corrected chi connectivity index (χ0v) is 14.5. The second kappa shape index (κ2) is 5.42. The van der Waals surface area contributed by atoms with Gasteiger partial charge in [0.2, 0.25) is 0 Å². The number of likely N-dealkylation sites (tertiary alicyclic amines) is 1. The minimum atomic E-state index is -0.734. The van der Waals surface area contributed by atoms with Crippen molar-refractivity contribution >= 4 is 28.4 Å². The number of fused-ring (bicyclic) bond motifs is 3. The number of piperidine rings is 1. The van der Waals surface area contributed by atoms with Crippen molar-refractivity contribution in [1.82, 2.24) is 19.5 Å². The summed E-state index contributed by atoms with van der Waals surface area (Å²) < 4.78 is 1.58. The lowest BCUT2D eigenvalue weighted by Gasteiger charge is -2.32. The number of nitrogens with zero attached hydrogens (tertiary/aromatic N) is 3. The molecule has 27 heavy (non-hydrogen) atoms. The summed E-state index contributed by atoms with van der Waals surface area (Å²) in [6, 6.07) is 7.12. The molecule has 2 fully saturated rings. The quantitative estimate of drug-likeness (QED) is 0.715. The van der Waals surface area contributed by atoms with Crippen LogP contribution >= 0.6 is 0 Å². The van der Waals surface area contributed by atoms with Crippen LogP contribution in [0.3, 0.4) is 0 Å². The number of aliphatic carboxylic acids is 1. The molecule has 1 aromatic carbocycles. The third kappa shape index (κ3) is 2.29. The van der Waals surface area contributed by atoms with Crippen LogP contribution in [0.5, 0.6) is 0 Å². The fourth-order valence-electron chi connectivity index (χ4n) is 4.41. The van der Waals surface area contributed by atoms with Crippen LogP contribution < -0.4 is 5.56 Å². The van der Waals surface area contributed by atoms with Gasteiger partial charge in [0.25, 0.3) is 11.5 Å². The first-order valence-electron chi connectivity index (χ1n) is 9.01. The van der Waals surface area contributed by atoms with Gasteiger partial charge in [0.1, 0.15) is 11.2 Å².